The minimum Gasteiger partial charge on any atom is -0.481 e. The Hall–Kier alpha value is -4.63. The number of amides is 3. The predicted octanol–water partition coefficient (Wildman–Crippen LogP) is 2.90. The number of aromatic nitrogens is 1. The molecule has 0 spiro atoms. The van der Waals surface area contributed by atoms with Crippen LogP contribution in [0.1, 0.15) is 55.1 Å². The Morgan fingerprint density at radius 1 is 1.05 bits per heavy atom. The molecule has 1 aromatic carbocycles. The van der Waals surface area contributed by atoms with Gasteiger partial charge in [0.25, 0.3) is 5.91 Å². The van der Waals surface area contributed by atoms with Crippen LogP contribution < -0.4 is 10.1 Å². The Labute approximate surface area is 248 Å². The number of hydrogen-bond acceptors (Lipinski definition) is 8. The fourth-order valence-electron chi connectivity index (χ4n) is 4.94. The number of halogens is 3. The predicted molar refractivity (Wildman–Crippen MR) is 145 cm³/mol. The van der Waals surface area contributed by atoms with Crippen LogP contribution in [-0.2, 0) is 25.3 Å². The molecule has 1 unspecified atom stereocenters. The summed E-state index contributed by atoms with van der Waals surface area (Å²) >= 11 is 0. The van der Waals surface area contributed by atoms with Crippen LogP contribution in [0.25, 0.3) is 10.9 Å². The maximum Gasteiger partial charge on any atom is 0.416 e. The molecule has 2 aromatic rings. The van der Waals surface area contributed by atoms with Gasteiger partial charge in [0.05, 0.1) is 17.7 Å². The Morgan fingerprint density at radius 2 is 1.70 bits per heavy atom. The summed E-state index contributed by atoms with van der Waals surface area (Å²) in [4.78, 5) is 68.8. The molecule has 0 radical (unpaired) electrons. The van der Waals surface area contributed by atoms with E-state index < -0.39 is 65.3 Å². The molecule has 3 N–H and O–H groups in total. The van der Waals surface area contributed by atoms with Crippen molar-refractivity contribution < 1.29 is 56.8 Å². The molecular weight excluding hydrogens is 593 g/mol. The molecule has 3 amide bonds. The molecule has 44 heavy (non-hydrogen) atoms. The number of nitrogens with zero attached hydrogens (tertiary/aromatic N) is 3. The second-order valence-corrected chi connectivity index (χ2v) is 10.5. The van der Waals surface area contributed by atoms with Gasteiger partial charge in [0.1, 0.15) is 17.5 Å². The van der Waals surface area contributed by atoms with Crippen molar-refractivity contribution in [1.29, 1.82) is 0 Å². The largest absolute Gasteiger partial charge is 0.481 e. The van der Waals surface area contributed by atoms with Crippen molar-refractivity contribution in [3.05, 3.63) is 35.5 Å². The summed E-state index contributed by atoms with van der Waals surface area (Å²) in [5.41, 5.74) is -3.46. The molecule has 4 rings (SSSR count). The number of nitrogens with one attached hydrogen (secondary N) is 1. The molecule has 0 bridgehead atoms. The van der Waals surface area contributed by atoms with Gasteiger partial charge in [0.2, 0.25) is 11.5 Å². The molecule has 238 valence electrons. The Morgan fingerprint density at radius 3 is 2.25 bits per heavy atom. The van der Waals surface area contributed by atoms with E-state index in [1.807, 2.05) is 0 Å². The number of piperazine rings is 1. The first-order valence-corrected chi connectivity index (χ1v) is 13.9. The molecule has 1 saturated heterocycles. The third-order valence-corrected chi connectivity index (χ3v) is 7.56. The highest BCUT2D eigenvalue weighted by Crippen LogP contribution is 2.40. The van der Waals surface area contributed by atoms with E-state index in [1.165, 1.54) is 9.80 Å². The van der Waals surface area contributed by atoms with E-state index in [1.54, 1.807) is 6.92 Å². The zero-order chi connectivity index (χ0) is 32.2. The maximum atomic E-state index is 13.5. The molecule has 1 aliphatic heterocycles. The second kappa shape index (κ2) is 12.9. The smallest absolute Gasteiger partial charge is 0.416 e. The van der Waals surface area contributed by atoms with Gasteiger partial charge in [-0.1, -0.05) is 0 Å². The SMILES string of the molecule is CCOC(=O)N1CCN(C(=O)C(CCC(=O)O)NC(=O)c2cc(OC3(C(=O)O)CCC3)c3ccc(C(F)(F)F)cc3n2)CC1. The number of aliphatic carboxylic acids is 2. The number of alkyl halides is 3. The summed E-state index contributed by atoms with van der Waals surface area (Å²) in [6, 6.07) is 2.29. The van der Waals surface area contributed by atoms with Crippen molar-refractivity contribution in [2.75, 3.05) is 32.8 Å². The zero-order valence-electron chi connectivity index (χ0n) is 23.7. The van der Waals surface area contributed by atoms with Crippen LogP contribution in [-0.4, -0.2) is 99.3 Å². The minimum absolute atomic E-state index is 0.0417. The first kappa shape index (κ1) is 32.3. The molecule has 16 heteroatoms. The number of carbonyl (C=O) groups is 5. The highest BCUT2D eigenvalue weighted by Gasteiger charge is 2.47. The first-order valence-electron chi connectivity index (χ1n) is 13.9. The van der Waals surface area contributed by atoms with Gasteiger partial charge in [-0.3, -0.25) is 14.4 Å². The normalized spacial score (nSPS) is 16.9. The summed E-state index contributed by atoms with van der Waals surface area (Å²) in [6.45, 7) is 2.28. The molecule has 1 aliphatic carbocycles. The lowest BCUT2D eigenvalue weighted by Gasteiger charge is -2.38. The summed E-state index contributed by atoms with van der Waals surface area (Å²) in [5, 5.41) is 21.4. The third-order valence-electron chi connectivity index (χ3n) is 7.56. The van der Waals surface area contributed by atoms with E-state index in [0.717, 1.165) is 18.2 Å². The monoisotopic (exact) mass is 624 g/mol. The van der Waals surface area contributed by atoms with E-state index in [0.29, 0.717) is 12.5 Å². The van der Waals surface area contributed by atoms with Crippen LogP contribution in [0.15, 0.2) is 24.3 Å². The second-order valence-electron chi connectivity index (χ2n) is 10.5. The average Bonchev–Trinajstić information content (AvgIpc) is 2.95. The van der Waals surface area contributed by atoms with Crippen LogP contribution >= 0.6 is 0 Å². The van der Waals surface area contributed by atoms with Gasteiger partial charge in [0.15, 0.2) is 0 Å². The Balaban J connectivity index is 1.62. The third kappa shape index (κ3) is 7.11. The molecule has 2 fully saturated rings. The van der Waals surface area contributed by atoms with E-state index in [4.69, 9.17) is 9.47 Å². The lowest BCUT2D eigenvalue weighted by molar-refractivity contribution is -0.163. The summed E-state index contributed by atoms with van der Waals surface area (Å²) in [7, 11) is 0. The molecule has 2 heterocycles. The molecule has 1 atom stereocenters. The van der Waals surface area contributed by atoms with Crippen molar-refractivity contribution in [3.8, 4) is 5.75 Å². The van der Waals surface area contributed by atoms with Gasteiger partial charge in [0, 0.05) is 44.1 Å². The van der Waals surface area contributed by atoms with Crippen LogP contribution in [0.4, 0.5) is 18.0 Å². The van der Waals surface area contributed by atoms with Gasteiger partial charge in [-0.25, -0.2) is 14.6 Å². The summed E-state index contributed by atoms with van der Waals surface area (Å²) < 4.78 is 51.2. The van der Waals surface area contributed by atoms with Crippen molar-refractivity contribution in [3.63, 3.8) is 0 Å². The van der Waals surface area contributed by atoms with Crippen LogP contribution in [0, 0.1) is 0 Å². The van der Waals surface area contributed by atoms with Gasteiger partial charge >= 0.3 is 24.2 Å². The topological polar surface area (TPSA) is 176 Å². The number of carboxylic acid groups (broad SMARTS) is 2. The van der Waals surface area contributed by atoms with Crippen LogP contribution in [0.3, 0.4) is 0 Å². The highest BCUT2D eigenvalue weighted by atomic mass is 19.4. The summed E-state index contributed by atoms with van der Waals surface area (Å²) in [5.74, 6) is -4.32. The van der Waals surface area contributed by atoms with E-state index in [-0.39, 0.29) is 68.7 Å². The van der Waals surface area contributed by atoms with Crippen LogP contribution in [0.2, 0.25) is 0 Å². The van der Waals surface area contributed by atoms with Gasteiger partial charge < -0.3 is 34.8 Å². The molecular formula is C28H31F3N4O9. The van der Waals surface area contributed by atoms with Gasteiger partial charge in [-0.15, -0.1) is 0 Å². The number of benzene rings is 1. The van der Waals surface area contributed by atoms with Crippen molar-refractivity contribution in [2.24, 2.45) is 0 Å². The number of pyridine rings is 1. The van der Waals surface area contributed by atoms with Gasteiger partial charge in [-0.05, 0) is 50.8 Å². The van der Waals surface area contributed by atoms with Crippen molar-refractivity contribution in [1.82, 2.24) is 20.1 Å². The molecule has 13 nitrogen and oxygen atoms in total. The van der Waals surface area contributed by atoms with Crippen molar-refractivity contribution >= 4 is 40.7 Å². The Kier molecular flexibility index (Phi) is 9.49. The molecule has 2 aliphatic rings. The number of carboxylic acids is 2. The lowest BCUT2D eigenvalue weighted by Crippen LogP contribution is -2.56. The number of rotatable bonds is 10. The first-order chi connectivity index (χ1) is 20.7. The summed E-state index contributed by atoms with van der Waals surface area (Å²) in [6.07, 6.45) is -5.26. The zero-order valence-corrected chi connectivity index (χ0v) is 23.7. The fourth-order valence-corrected chi connectivity index (χ4v) is 4.94. The lowest BCUT2D eigenvalue weighted by atomic mass is 9.80. The fraction of sp³-hybridized carbons (Fsp3) is 0.500. The molecule has 1 saturated carbocycles. The van der Waals surface area contributed by atoms with E-state index in [9.17, 15) is 47.4 Å². The minimum atomic E-state index is -4.74. The number of hydrogen-bond donors (Lipinski definition) is 3. The number of carbonyl (C=O) groups excluding carboxylic acids is 3. The van der Waals surface area contributed by atoms with Gasteiger partial charge in [-0.2, -0.15) is 13.2 Å². The number of ether oxygens (including phenoxy) is 2. The number of fused-ring (bicyclic) bond motifs is 1. The van der Waals surface area contributed by atoms with E-state index in [2.05, 4.69) is 10.3 Å². The Bertz CT molecular complexity index is 1450. The average molecular weight is 625 g/mol. The standard InChI is InChI=1S/C28H31F3N4O9/c1-2-43-26(42)35-12-10-34(11-13-35)24(39)18(6-7-22(36)37)33-23(38)20-15-21(44-27(25(40)41)8-3-9-27)17-5-4-16(28(29,30)31)14-19(17)32-20/h4-5,14-15,18H,2-3,6-13H2,1H3,(H,33,38)(H,36,37)(H,40,41). The molecule has 1 aromatic heterocycles. The van der Waals surface area contributed by atoms with Crippen LogP contribution in [0.5, 0.6) is 5.75 Å². The van der Waals surface area contributed by atoms with Crippen molar-refractivity contribution in [2.45, 2.75) is 56.8 Å². The maximum absolute atomic E-state index is 13.5. The quantitative estimate of drug-likeness (QED) is 0.356. The van der Waals surface area contributed by atoms with E-state index >= 15 is 0 Å². The highest BCUT2D eigenvalue weighted by molar-refractivity contribution is 5.99.